The molecular weight excluding hydrogens is 387 g/mol. The number of carbonyl (C=O) groups is 2. The van der Waals surface area contributed by atoms with E-state index in [1.54, 1.807) is 19.2 Å². The fraction of sp³-hybridized carbons (Fsp3) is 0.250. The summed E-state index contributed by atoms with van der Waals surface area (Å²) >= 11 is 5.97. The molecule has 0 aliphatic carbocycles. The molecular formula is C20H18ClFN2O4. The third kappa shape index (κ3) is 3.22. The molecule has 0 bridgehead atoms. The van der Waals surface area contributed by atoms with Crippen LogP contribution in [0.2, 0.25) is 5.02 Å². The number of hydrogen-bond donors (Lipinski definition) is 0. The standard InChI is InChI=1S/C20H18ClFN2O4/c1-10-9-24(11(2)25)15-8-7-14(23-18(16(10)15)20(26)28-4)12-5-6-13(21)19(27-3)17(12)22/h5-7,9H,8H2,1-4H3. The van der Waals surface area contributed by atoms with Crippen molar-refractivity contribution in [1.82, 2.24) is 4.57 Å². The van der Waals surface area contributed by atoms with E-state index in [1.807, 2.05) is 0 Å². The zero-order valence-electron chi connectivity index (χ0n) is 15.8. The van der Waals surface area contributed by atoms with Gasteiger partial charge in [0.15, 0.2) is 17.3 Å². The smallest absolute Gasteiger partial charge is 0.357 e. The minimum Gasteiger partial charge on any atom is -0.492 e. The number of esters is 1. The van der Waals surface area contributed by atoms with Crippen LogP contribution in [-0.4, -0.2) is 36.4 Å². The lowest BCUT2D eigenvalue weighted by Gasteiger charge is -2.10. The van der Waals surface area contributed by atoms with Crippen molar-refractivity contribution in [1.29, 1.82) is 0 Å². The van der Waals surface area contributed by atoms with Crippen LogP contribution in [-0.2, 0) is 16.0 Å². The van der Waals surface area contributed by atoms with Gasteiger partial charge in [-0.1, -0.05) is 17.7 Å². The van der Waals surface area contributed by atoms with E-state index >= 15 is 0 Å². The first-order valence-corrected chi connectivity index (χ1v) is 8.79. The van der Waals surface area contributed by atoms with Crippen LogP contribution in [0, 0.1) is 12.7 Å². The Hall–Kier alpha value is -2.93. The monoisotopic (exact) mass is 404 g/mol. The van der Waals surface area contributed by atoms with Gasteiger partial charge in [0.2, 0.25) is 5.91 Å². The van der Waals surface area contributed by atoms with Gasteiger partial charge in [-0.15, -0.1) is 0 Å². The highest BCUT2D eigenvalue weighted by Crippen LogP contribution is 2.35. The Labute approximate surface area is 166 Å². The van der Waals surface area contributed by atoms with E-state index in [2.05, 4.69) is 4.99 Å². The Bertz CT molecular complexity index is 1050. The fourth-order valence-corrected chi connectivity index (χ4v) is 3.46. The number of aliphatic imine (C=N–C) groups is 1. The summed E-state index contributed by atoms with van der Waals surface area (Å²) in [5, 5.41) is 0.122. The van der Waals surface area contributed by atoms with Gasteiger partial charge in [-0.25, -0.2) is 14.2 Å². The Balaban J connectivity index is 2.25. The van der Waals surface area contributed by atoms with E-state index in [9.17, 15) is 14.0 Å². The van der Waals surface area contributed by atoms with Crippen LogP contribution in [0.1, 0.15) is 34.1 Å². The quantitative estimate of drug-likeness (QED) is 0.729. The van der Waals surface area contributed by atoms with Crippen molar-refractivity contribution in [2.75, 3.05) is 14.2 Å². The Morgan fingerprint density at radius 3 is 2.61 bits per heavy atom. The second-order valence-electron chi connectivity index (χ2n) is 6.21. The summed E-state index contributed by atoms with van der Waals surface area (Å²) in [5.74, 6) is -1.68. The summed E-state index contributed by atoms with van der Waals surface area (Å²) in [6, 6.07) is 2.96. The predicted octanol–water partition coefficient (Wildman–Crippen LogP) is 3.82. The van der Waals surface area contributed by atoms with Crippen molar-refractivity contribution in [2.45, 2.75) is 20.3 Å². The number of aryl methyl sites for hydroxylation is 1. The third-order valence-corrected chi connectivity index (χ3v) is 4.80. The molecule has 1 aliphatic heterocycles. The molecule has 0 amide bonds. The SMILES string of the molecule is COC(=O)C1=NC(c2ccc(Cl)c(OC)c2F)=CCc2c1c(C)cn2C(C)=O. The minimum atomic E-state index is -0.688. The molecule has 0 atom stereocenters. The first-order valence-electron chi connectivity index (χ1n) is 8.41. The summed E-state index contributed by atoms with van der Waals surface area (Å²) in [6.45, 7) is 3.20. The number of aromatic nitrogens is 1. The maximum atomic E-state index is 14.9. The van der Waals surface area contributed by atoms with Gasteiger partial charge in [0.05, 0.1) is 24.9 Å². The predicted molar refractivity (Wildman–Crippen MR) is 104 cm³/mol. The van der Waals surface area contributed by atoms with Crippen LogP contribution >= 0.6 is 11.6 Å². The number of hydrogen-bond acceptors (Lipinski definition) is 5. The number of ether oxygens (including phenoxy) is 2. The largest absolute Gasteiger partial charge is 0.492 e. The van der Waals surface area contributed by atoms with Gasteiger partial charge >= 0.3 is 5.97 Å². The first-order chi connectivity index (χ1) is 13.3. The van der Waals surface area contributed by atoms with Crippen LogP contribution in [0.15, 0.2) is 29.4 Å². The summed E-state index contributed by atoms with van der Waals surface area (Å²) in [7, 11) is 2.55. The van der Waals surface area contributed by atoms with E-state index in [0.29, 0.717) is 16.8 Å². The summed E-state index contributed by atoms with van der Waals surface area (Å²) < 4.78 is 26.3. The van der Waals surface area contributed by atoms with E-state index in [0.717, 1.165) is 0 Å². The van der Waals surface area contributed by atoms with Crippen molar-refractivity contribution < 1.29 is 23.5 Å². The van der Waals surface area contributed by atoms with E-state index in [4.69, 9.17) is 21.1 Å². The molecule has 2 aromatic rings. The maximum Gasteiger partial charge on any atom is 0.357 e. The second-order valence-corrected chi connectivity index (χ2v) is 6.62. The Morgan fingerprint density at radius 1 is 1.29 bits per heavy atom. The molecule has 6 nitrogen and oxygen atoms in total. The average Bonchev–Trinajstić information content (AvgIpc) is 2.86. The molecule has 0 N–H and O–H groups in total. The highest BCUT2D eigenvalue weighted by Gasteiger charge is 2.28. The molecule has 1 aromatic carbocycles. The molecule has 1 aliphatic rings. The van der Waals surface area contributed by atoms with Gasteiger partial charge < -0.3 is 9.47 Å². The second kappa shape index (κ2) is 7.59. The lowest BCUT2D eigenvalue weighted by atomic mass is 10.0. The Kier molecular flexibility index (Phi) is 5.38. The highest BCUT2D eigenvalue weighted by atomic mass is 35.5. The molecule has 8 heteroatoms. The molecule has 0 fully saturated rings. The number of rotatable bonds is 3. The van der Waals surface area contributed by atoms with Crippen LogP contribution in [0.4, 0.5) is 4.39 Å². The number of halogens is 2. The maximum absolute atomic E-state index is 14.9. The van der Waals surface area contributed by atoms with Gasteiger partial charge in [0.1, 0.15) is 0 Å². The van der Waals surface area contributed by atoms with E-state index < -0.39 is 11.8 Å². The van der Waals surface area contributed by atoms with Crippen LogP contribution in [0.3, 0.4) is 0 Å². The highest BCUT2D eigenvalue weighted by molar-refractivity contribution is 6.45. The molecule has 28 heavy (non-hydrogen) atoms. The van der Waals surface area contributed by atoms with Crippen LogP contribution in [0.5, 0.6) is 5.75 Å². The summed E-state index contributed by atoms with van der Waals surface area (Å²) in [6.07, 6.45) is 3.57. The molecule has 0 unspecified atom stereocenters. The molecule has 0 spiro atoms. The number of benzene rings is 1. The molecule has 3 rings (SSSR count). The normalized spacial score (nSPS) is 13.2. The van der Waals surface area contributed by atoms with Crippen molar-refractivity contribution in [3.63, 3.8) is 0 Å². The van der Waals surface area contributed by atoms with Crippen molar-refractivity contribution in [2.24, 2.45) is 4.99 Å². The number of methoxy groups -OCH3 is 2. The van der Waals surface area contributed by atoms with Gasteiger partial charge in [0, 0.05) is 36.4 Å². The molecule has 0 saturated heterocycles. The zero-order chi connectivity index (χ0) is 20.6. The minimum absolute atomic E-state index is 0.00654. The fourth-order valence-electron chi connectivity index (χ4n) is 3.24. The molecule has 0 saturated carbocycles. The number of fused-ring (bicyclic) bond motifs is 1. The van der Waals surface area contributed by atoms with Crippen molar-refractivity contribution >= 4 is 34.9 Å². The third-order valence-electron chi connectivity index (χ3n) is 4.50. The molecule has 146 valence electrons. The Morgan fingerprint density at radius 2 is 2.00 bits per heavy atom. The van der Waals surface area contributed by atoms with Crippen LogP contribution < -0.4 is 4.74 Å². The number of carbonyl (C=O) groups excluding carboxylic acids is 2. The lowest BCUT2D eigenvalue weighted by molar-refractivity contribution is -0.132. The van der Waals surface area contributed by atoms with Gasteiger partial charge in [-0.3, -0.25) is 9.36 Å². The molecule has 2 heterocycles. The number of nitrogens with zero attached hydrogens (tertiary/aromatic N) is 2. The van der Waals surface area contributed by atoms with Gasteiger partial charge in [-0.2, -0.15) is 0 Å². The van der Waals surface area contributed by atoms with Gasteiger partial charge in [0.25, 0.3) is 0 Å². The topological polar surface area (TPSA) is 69.9 Å². The summed E-state index contributed by atoms with van der Waals surface area (Å²) in [4.78, 5) is 28.8. The lowest BCUT2D eigenvalue weighted by Crippen LogP contribution is -2.19. The average molecular weight is 405 g/mol. The molecule has 1 aromatic heterocycles. The zero-order valence-corrected chi connectivity index (χ0v) is 16.6. The van der Waals surface area contributed by atoms with Crippen molar-refractivity contribution in [3.05, 3.63) is 57.6 Å². The van der Waals surface area contributed by atoms with E-state index in [1.165, 1.54) is 37.8 Å². The van der Waals surface area contributed by atoms with E-state index in [-0.39, 0.29) is 40.1 Å². The van der Waals surface area contributed by atoms with Crippen LogP contribution in [0.25, 0.3) is 5.70 Å². The van der Waals surface area contributed by atoms with Crippen molar-refractivity contribution in [3.8, 4) is 5.75 Å². The summed E-state index contributed by atoms with van der Waals surface area (Å²) in [5.41, 5.74) is 2.14. The first kappa shape index (κ1) is 19.8. The molecule has 0 radical (unpaired) electrons. The van der Waals surface area contributed by atoms with Gasteiger partial charge in [-0.05, 0) is 24.6 Å². The number of allylic oxidation sites excluding steroid dienone is 1.